The minimum Gasteiger partial charge on any atom is -0.395 e. The van der Waals surface area contributed by atoms with Crippen LogP contribution < -0.4 is 5.73 Å². The van der Waals surface area contributed by atoms with E-state index in [1.54, 1.807) is 4.90 Å². The van der Waals surface area contributed by atoms with Gasteiger partial charge in [0.05, 0.1) is 11.4 Å². The van der Waals surface area contributed by atoms with Crippen molar-refractivity contribution in [3.8, 4) is 0 Å². The minimum atomic E-state index is -0.0883. The normalized spacial score (nSPS) is 10.9. The molecular weight excluding hydrogens is 216 g/mol. The largest absolute Gasteiger partial charge is 0.395 e. The number of aryl methyl sites for hydroxylation is 1. The lowest BCUT2D eigenvalue weighted by molar-refractivity contribution is 0.0741. The monoisotopic (exact) mass is 238 g/mol. The quantitative estimate of drug-likeness (QED) is 0.819. The van der Waals surface area contributed by atoms with Gasteiger partial charge in [0.15, 0.2) is 5.69 Å². The molecule has 0 saturated carbocycles. The van der Waals surface area contributed by atoms with Gasteiger partial charge in [-0.05, 0) is 19.3 Å². The highest BCUT2D eigenvalue weighted by molar-refractivity contribution is 5.97. The SMILES string of the molecule is CCc1[nH]nc(C(=O)N(CC)CC(C)C)c1N. The number of nitrogens with one attached hydrogen (secondary N) is 1. The second-order valence-corrected chi connectivity index (χ2v) is 4.56. The molecule has 96 valence electrons. The Morgan fingerprint density at radius 2 is 2.12 bits per heavy atom. The maximum absolute atomic E-state index is 12.2. The van der Waals surface area contributed by atoms with Gasteiger partial charge in [0, 0.05) is 13.1 Å². The molecule has 3 N–H and O–H groups in total. The van der Waals surface area contributed by atoms with E-state index in [0.717, 1.165) is 18.7 Å². The summed E-state index contributed by atoms with van der Waals surface area (Å²) in [6.45, 7) is 9.50. The molecule has 0 spiro atoms. The molecule has 0 unspecified atom stereocenters. The van der Waals surface area contributed by atoms with Crippen LogP contribution in [0.25, 0.3) is 0 Å². The summed E-state index contributed by atoms with van der Waals surface area (Å²) in [5.41, 5.74) is 7.56. The molecule has 5 heteroatoms. The molecule has 0 aliphatic heterocycles. The van der Waals surface area contributed by atoms with Crippen molar-refractivity contribution in [1.29, 1.82) is 0 Å². The standard InChI is InChI=1S/C12H22N4O/c1-5-9-10(13)11(15-14-9)12(17)16(6-2)7-8(3)4/h8H,5-7,13H2,1-4H3,(H,14,15). The Hall–Kier alpha value is -1.52. The van der Waals surface area contributed by atoms with E-state index < -0.39 is 0 Å². The average Bonchev–Trinajstić information content (AvgIpc) is 2.66. The van der Waals surface area contributed by atoms with Gasteiger partial charge in [0.2, 0.25) is 0 Å². The fraction of sp³-hybridized carbons (Fsp3) is 0.667. The number of rotatable bonds is 5. The average molecular weight is 238 g/mol. The first-order valence-corrected chi connectivity index (χ1v) is 6.13. The zero-order valence-electron chi connectivity index (χ0n) is 11.1. The van der Waals surface area contributed by atoms with Crippen LogP contribution in [0.4, 0.5) is 5.69 Å². The van der Waals surface area contributed by atoms with Crippen molar-refractivity contribution in [1.82, 2.24) is 15.1 Å². The van der Waals surface area contributed by atoms with Gasteiger partial charge in [-0.2, -0.15) is 5.10 Å². The van der Waals surface area contributed by atoms with Gasteiger partial charge in [0.1, 0.15) is 0 Å². The molecule has 1 heterocycles. The number of nitrogens with zero attached hydrogens (tertiary/aromatic N) is 2. The Balaban J connectivity index is 2.90. The molecular formula is C12H22N4O. The van der Waals surface area contributed by atoms with Crippen LogP contribution in [0, 0.1) is 5.92 Å². The van der Waals surface area contributed by atoms with E-state index in [1.165, 1.54) is 0 Å². The van der Waals surface area contributed by atoms with Crippen molar-refractivity contribution in [2.45, 2.75) is 34.1 Å². The molecule has 1 rings (SSSR count). The predicted octanol–water partition coefficient (Wildman–Crippen LogP) is 1.67. The van der Waals surface area contributed by atoms with Crippen LogP contribution in [0.2, 0.25) is 0 Å². The first-order valence-electron chi connectivity index (χ1n) is 6.13. The van der Waals surface area contributed by atoms with E-state index in [-0.39, 0.29) is 5.91 Å². The van der Waals surface area contributed by atoms with E-state index in [4.69, 9.17) is 5.73 Å². The number of amides is 1. The number of hydrogen-bond donors (Lipinski definition) is 2. The van der Waals surface area contributed by atoms with E-state index in [1.807, 2.05) is 13.8 Å². The van der Waals surface area contributed by atoms with Gasteiger partial charge in [-0.3, -0.25) is 9.89 Å². The number of H-pyrrole nitrogens is 1. The number of aromatic amines is 1. The topological polar surface area (TPSA) is 75.0 Å². The van der Waals surface area contributed by atoms with Crippen molar-refractivity contribution < 1.29 is 4.79 Å². The number of carbonyl (C=O) groups is 1. The van der Waals surface area contributed by atoms with Gasteiger partial charge in [-0.25, -0.2) is 0 Å². The molecule has 1 aromatic heterocycles. The lowest BCUT2D eigenvalue weighted by atomic mass is 10.2. The Morgan fingerprint density at radius 1 is 1.47 bits per heavy atom. The molecule has 0 saturated heterocycles. The summed E-state index contributed by atoms with van der Waals surface area (Å²) in [7, 11) is 0. The summed E-state index contributed by atoms with van der Waals surface area (Å²) in [5, 5.41) is 6.84. The summed E-state index contributed by atoms with van der Waals surface area (Å²) in [6.07, 6.45) is 0.752. The van der Waals surface area contributed by atoms with Crippen LogP contribution in [-0.2, 0) is 6.42 Å². The summed E-state index contributed by atoms with van der Waals surface area (Å²) in [6, 6.07) is 0. The predicted molar refractivity (Wildman–Crippen MR) is 68.8 cm³/mol. The Kier molecular flexibility index (Phi) is 4.54. The lowest BCUT2D eigenvalue weighted by Gasteiger charge is -2.22. The van der Waals surface area contributed by atoms with Crippen molar-refractivity contribution in [2.75, 3.05) is 18.8 Å². The number of nitrogen functional groups attached to an aromatic ring is 1. The fourth-order valence-corrected chi connectivity index (χ4v) is 1.77. The van der Waals surface area contributed by atoms with Crippen LogP contribution in [0.3, 0.4) is 0 Å². The van der Waals surface area contributed by atoms with Crippen LogP contribution in [0.15, 0.2) is 0 Å². The summed E-state index contributed by atoms with van der Waals surface area (Å²) < 4.78 is 0. The Bertz CT molecular complexity index is 384. The molecule has 0 bridgehead atoms. The molecule has 0 fully saturated rings. The maximum Gasteiger partial charge on any atom is 0.276 e. The zero-order valence-corrected chi connectivity index (χ0v) is 11.1. The minimum absolute atomic E-state index is 0.0883. The highest BCUT2D eigenvalue weighted by atomic mass is 16.2. The number of hydrogen-bond acceptors (Lipinski definition) is 3. The molecule has 1 amide bonds. The van der Waals surface area contributed by atoms with Crippen molar-refractivity contribution in [3.05, 3.63) is 11.4 Å². The molecule has 0 aliphatic carbocycles. The molecule has 1 aromatic rings. The smallest absolute Gasteiger partial charge is 0.276 e. The summed E-state index contributed by atoms with van der Waals surface area (Å²) in [4.78, 5) is 14.0. The van der Waals surface area contributed by atoms with Gasteiger partial charge in [-0.15, -0.1) is 0 Å². The second-order valence-electron chi connectivity index (χ2n) is 4.56. The van der Waals surface area contributed by atoms with Crippen LogP contribution in [0.1, 0.15) is 43.9 Å². The van der Waals surface area contributed by atoms with E-state index in [2.05, 4.69) is 24.0 Å². The van der Waals surface area contributed by atoms with Crippen LogP contribution in [0.5, 0.6) is 0 Å². The van der Waals surface area contributed by atoms with Crippen LogP contribution >= 0.6 is 0 Å². The lowest BCUT2D eigenvalue weighted by Crippen LogP contribution is -2.34. The van der Waals surface area contributed by atoms with Crippen molar-refractivity contribution >= 4 is 11.6 Å². The van der Waals surface area contributed by atoms with Gasteiger partial charge >= 0.3 is 0 Å². The first-order chi connectivity index (χ1) is 8.01. The van der Waals surface area contributed by atoms with Crippen molar-refractivity contribution in [2.24, 2.45) is 5.92 Å². The highest BCUT2D eigenvalue weighted by Gasteiger charge is 2.21. The third-order valence-corrected chi connectivity index (χ3v) is 2.69. The second kappa shape index (κ2) is 5.70. The molecule has 0 aliphatic rings. The van der Waals surface area contributed by atoms with Crippen molar-refractivity contribution in [3.63, 3.8) is 0 Å². The summed E-state index contributed by atoms with van der Waals surface area (Å²) >= 11 is 0. The molecule has 5 nitrogen and oxygen atoms in total. The first kappa shape index (κ1) is 13.5. The van der Waals surface area contributed by atoms with Gasteiger partial charge in [0.25, 0.3) is 5.91 Å². The van der Waals surface area contributed by atoms with E-state index >= 15 is 0 Å². The molecule has 17 heavy (non-hydrogen) atoms. The third kappa shape index (κ3) is 2.99. The zero-order chi connectivity index (χ0) is 13.0. The van der Waals surface area contributed by atoms with Gasteiger partial charge < -0.3 is 10.6 Å². The number of anilines is 1. The summed E-state index contributed by atoms with van der Waals surface area (Å²) in [5.74, 6) is 0.347. The maximum atomic E-state index is 12.2. The molecule has 0 radical (unpaired) electrons. The van der Waals surface area contributed by atoms with E-state index in [9.17, 15) is 4.79 Å². The van der Waals surface area contributed by atoms with Gasteiger partial charge in [-0.1, -0.05) is 20.8 Å². The molecule has 0 aromatic carbocycles. The Morgan fingerprint density at radius 3 is 2.53 bits per heavy atom. The number of aromatic nitrogens is 2. The Labute approximate surface area is 102 Å². The number of carbonyl (C=O) groups excluding carboxylic acids is 1. The third-order valence-electron chi connectivity index (χ3n) is 2.69. The van der Waals surface area contributed by atoms with E-state index in [0.29, 0.717) is 23.8 Å². The molecule has 0 atom stereocenters. The van der Waals surface area contributed by atoms with Crippen LogP contribution in [-0.4, -0.2) is 34.1 Å². The highest BCUT2D eigenvalue weighted by Crippen LogP contribution is 2.16. The fourth-order valence-electron chi connectivity index (χ4n) is 1.77. The number of nitrogens with two attached hydrogens (primary N) is 1.